The van der Waals surface area contributed by atoms with Crippen LogP contribution in [0.2, 0.25) is 0 Å². The molecule has 1 aromatic heterocycles. The van der Waals surface area contributed by atoms with Gasteiger partial charge in [0.15, 0.2) is 6.04 Å². The van der Waals surface area contributed by atoms with E-state index >= 15 is 0 Å². The van der Waals surface area contributed by atoms with Gasteiger partial charge in [-0.2, -0.15) is 0 Å². The average molecular weight is 689 g/mol. The zero-order valence-corrected chi connectivity index (χ0v) is 28.4. The van der Waals surface area contributed by atoms with Crippen molar-refractivity contribution in [3.63, 3.8) is 0 Å². The third-order valence-electron chi connectivity index (χ3n) is 7.85. The molecule has 4 aromatic carbocycles. The van der Waals surface area contributed by atoms with Gasteiger partial charge in [-0.05, 0) is 39.7 Å². The summed E-state index contributed by atoms with van der Waals surface area (Å²) in [5, 5.41) is 20.6. The number of alkyl carbamates (subject to hydrolysis) is 1. The van der Waals surface area contributed by atoms with Crippen LogP contribution in [0.25, 0.3) is 11.1 Å². The van der Waals surface area contributed by atoms with Gasteiger partial charge in [0, 0.05) is 29.7 Å². The van der Waals surface area contributed by atoms with E-state index in [-0.39, 0.29) is 6.61 Å². The molecule has 0 saturated carbocycles. The zero-order valence-electron chi connectivity index (χ0n) is 27.6. The predicted octanol–water partition coefficient (Wildman–Crippen LogP) is 5.27. The van der Waals surface area contributed by atoms with Crippen molar-refractivity contribution in [2.75, 3.05) is 24.2 Å². The van der Waals surface area contributed by atoms with Crippen molar-refractivity contribution in [1.29, 1.82) is 0 Å². The largest absolute Gasteiger partial charge is 0.550 e. The number of hydrogen-bond acceptors (Lipinski definition) is 7. The number of carbonyl (C=O) groups is 3. The number of nitrogens with zero attached hydrogens (tertiary/aromatic N) is 1. The Morgan fingerprint density at radius 2 is 1.28 bits per heavy atom. The topological polar surface area (TPSA) is 132 Å². The van der Waals surface area contributed by atoms with Crippen LogP contribution in [0.4, 0.5) is 10.6 Å². The van der Waals surface area contributed by atoms with Gasteiger partial charge in [-0.1, -0.05) is 121 Å². The molecular weight excluding hydrogens is 649 g/mol. The SMILES string of the molecule is O=C([O-])CC(NC(=O)C(C[S+](Cc1ccccc1)Cc1ccccc1)NC(=O)OCCNc1ccccn1)c1ccc(-c2ccccc2)cc1. The molecule has 256 valence electrons. The molecule has 50 heavy (non-hydrogen) atoms. The summed E-state index contributed by atoms with van der Waals surface area (Å²) in [6, 6.07) is 40.8. The number of rotatable bonds is 17. The fourth-order valence-corrected chi connectivity index (χ4v) is 7.78. The van der Waals surface area contributed by atoms with E-state index in [2.05, 4.69) is 20.9 Å². The van der Waals surface area contributed by atoms with Gasteiger partial charge in [0.1, 0.15) is 29.7 Å². The van der Waals surface area contributed by atoms with Crippen molar-refractivity contribution >= 4 is 34.7 Å². The Bertz CT molecular complexity index is 1740. The number of aromatic nitrogens is 1. The number of carboxylic acids is 1. The monoisotopic (exact) mass is 688 g/mol. The number of pyridine rings is 1. The van der Waals surface area contributed by atoms with E-state index in [1.807, 2.05) is 109 Å². The number of anilines is 1. The van der Waals surface area contributed by atoms with E-state index < -0.39 is 47.4 Å². The second-order valence-electron chi connectivity index (χ2n) is 11.6. The summed E-state index contributed by atoms with van der Waals surface area (Å²) in [4.78, 5) is 43.3. The molecule has 0 aliphatic rings. The van der Waals surface area contributed by atoms with Crippen LogP contribution in [-0.2, 0) is 36.7 Å². The van der Waals surface area contributed by atoms with Crippen molar-refractivity contribution in [2.45, 2.75) is 30.0 Å². The minimum Gasteiger partial charge on any atom is -0.550 e. The summed E-state index contributed by atoms with van der Waals surface area (Å²) < 4.78 is 5.45. The van der Waals surface area contributed by atoms with Gasteiger partial charge in [-0.3, -0.25) is 4.79 Å². The molecule has 2 amide bonds. The van der Waals surface area contributed by atoms with Crippen molar-refractivity contribution < 1.29 is 24.2 Å². The Kier molecular flexibility index (Phi) is 13.4. The fraction of sp³-hybridized carbons (Fsp3) is 0.200. The average Bonchev–Trinajstić information content (AvgIpc) is 3.14. The van der Waals surface area contributed by atoms with E-state index in [1.54, 1.807) is 30.5 Å². The Morgan fingerprint density at radius 1 is 0.700 bits per heavy atom. The van der Waals surface area contributed by atoms with Gasteiger partial charge in [0.2, 0.25) is 5.91 Å². The van der Waals surface area contributed by atoms with E-state index in [9.17, 15) is 19.5 Å². The number of amides is 2. The summed E-state index contributed by atoms with van der Waals surface area (Å²) in [5.41, 5.74) is 4.81. The highest BCUT2D eigenvalue weighted by Gasteiger charge is 2.33. The minimum absolute atomic E-state index is 0.0392. The van der Waals surface area contributed by atoms with Gasteiger partial charge >= 0.3 is 6.09 Å². The molecule has 0 saturated heterocycles. The Hall–Kier alpha value is -5.61. The molecule has 3 N–H and O–H groups in total. The van der Waals surface area contributed by atoms with Gasteiger partial charge < -0.3 is 30.6 Å². The number of nitrogens with one attached hydrogen (secondary N) is 3. The molecule has 0 aliphatic heterocycles. The molecule has 9 nitrogen and oxygen atoms in total. The van der Waals surface area contributed by atoms with E-state index in [1.165, 1.54) is 0 Å². The molecule has 5 rings (SSSR count). The lowest BCUT2D eigenvalue weighted by atomic mass is 9.99. The molecule has 10 heteroatoms. The highest BCUT2D eigenvalue weighted by Crippen LogP contribution is 2.24. The minimum atomic E-state index is -1.31. The van der Waals surface area contributed by atoms with E-state index in [0.29, 0.717) is 35.2 Å². The maximum absolute atomic E-state index is 14.1. The van der Waals surface area contributed by atoms with Crippen LogP contribution in [0.3, 0.4) is 0 Å². The second kappa shape index (κ2) is 18.8. The molecule has 5 aromatic rings. The summed E-state index contributed by atoms with van der Waals surface area (Å²) in [6.45, 7) is 0.359. The molecule has 1 heterocycles. The van der Waals surface area contributed by atoms with Crippen molar-refractivity contribution in [3.05, 3.63) is 156 Å². The number of benzene rings is 4. The number of carbonyl (C=O) groups excluding carboxylic acids is 3. The summed E-state index contributed by atoms with van der Waals surface area (Å²) >= 11 is 0. The molecular formula is C40H40N4O5S. The van der Waals surface area contributed by atoms with Crippen LogP contribution >= 0.6 is 0 Å². The third-order valence-corrected chi connectivity index (χ3v) is 10.1. The molecule has 2 unspecified atom stereocenters. The second-order valence-corrected chi connectivity index (χ2v) is 13.8. The fourth-order valence-electron chi connectivity index (χ4n) is 5.41. The molecule has 0 bridgehead atoms. The summed E-state index contributed by atoms with van der Waals surface area (Å²) in [7, 11) is -0.401. The highest BCUT2D eigenvalue weighted by molar-refractivity contribution is 7.95. The lowest BCUT2D eigenvalue weighted by molar-refractivity contribution is -0.306. The van der Waals surface area contributed by atoms with E-state index in [0.717, 1.165) is 22.3 Å². The maximum atomic E-state index is 14.1. The number of aliphatic carboxylic acids is 1. The van der Waals surface area contributed by atoms with Gasteiger partial charge in [0.25, 0.3) is 0 Å². The third kappa shape index (κ3) is 11.5. The van der Waals surface area contributed by atoms with Gasteiger partial charge in [-0.25, -0.2) is 9.78 Å². The number of ether oxygens (including phenoxy) is 1. The Labute approximate surface area is 295 Å². The number of carboxylic acid groups (broad SMARTS) is 1. The molecule has 0 radical (unpaired) electrons. The lowest BCUT2D eigenvalue weighted by Gasteiger charge is -2.24. The first-order valence-electron chi connectivity index (χ1n) is 16.4. The molecule has 0 aliphatic carbocycles. The first kappa shape index (κ1) is 35.7. The van der Waals surface area contributed by atoms with E-state index in [4.69, 9.17) is 4.74 Å². The van der Waals surface area contributed by atoms with Gasteiger partial charge in [-0.15, -0.1) is 0 Å². The van der Waals surface area contributed by atoms with Crippen LogP contribution in [0.15, 0.2) is 140 Å². The Morgan fingerprint density at radius 3 is 1.86 bits per heavy atom. The van der Waals surface area contributed by atoms with Crippen molar-refractivity contribution in [1.82, 2.24) is 15.6 Å². The van der Waals surface area contributed by atoms with Crippen LogP contribution < -0.4 is 21.1 Å². The van der Waals surface area contributed by atoms with Crippen LogP contribution in [0, 0.1) is 0 Å². The summed E-state index contributed by atoms with van der Waals surface area (Å²) in [5.74, 6) is 0.518. The van der Waals surface area contributed by atoms with Crippen molar-refractivity contribution in [3.8, 4) is 11.1 Å². The Balaban J connectivity index is 1.34. The molecule has 0 fully saturated rings. The van der Waals surface area contributed by atoms with Gasteiger partial charge in [0.05, 0.1) is 12.6 Å². The normalized spacial score (nSPS) is 12.0. The highest BCUT2D eigenvalue weighted by atomic mass is 32.2. The predicted molar refractivity (Wildman–Crippen MR) is 196 cm³/mol. The first-order chi connectivity index (χ1) is 24.4. The standard InChI is InChI=1S/C40H40N4O5S/c45-38(46)26-35(34-21-19-33(20-22-34)32-16-8-3-9-17-32)43-39(47)36(44-40(48)49-25-24-42-37-18-10-11-23-41-37)29-50(27-30-12-4-1-5-13-30)28-31-14-6-2-7-15-31/h1-23,35-36H,24-29H2,(H3-,41,42,43,44,45,46,47,48). The van der Waals surface area contributed by atoms with Crippen molar-refractivity contribution in [2.24, 2.45) is 0 Å². The smallest absolute Gasteiger partial charge is 0.408 e. The quantitative estimate of drug-likeness (QED) is 0.0896. The zero-order chi connectivity index (χ0) is 35.0. The number of hydrogen-bond donors (Lipinski definition) is 3. The molecule has 0 spiro atoms. The summed E-state index contributed by atoms with van der Waals surface area (Å²) in [6.07, 6.45) is 0.471. The van der Waals surface area contributed by atoms with Crippen LogP contribution in [0.5, 0.6) is 0 Å². The maximum Gasteiger partial charge on any atom is 0.408 e. The molecule has 2 atom stereocenters. The lowest BCUT2D eigenvalue weighted by Crippen LogP contribution is -2.52. The van der Waals surface area contributed by atoms with Crippen LogP contribution in [0.1, 0.15) is 29.2 Å². The van der Waals surface area contributed by atoms with Crippen LogP contribution in [-0.4, -0.2) is 47.9 Å². The first-order valence-corrected chi connectivity index (χ1v) is 18.1.